The minimum Gasteiger partial charge on any atom is -0.459 e. The monoisotopic (exact) mass is 456 g/mol. The lowest BCUT2D eigenvalue weighted by Crippen LogP contribution is -2.51. The van der Waals surface area contributed by atoms with Crippen LogP contribution in [0.1, 0.15) is 33.8 Å². The van der Waals surface area contributed by atoms with Gasteiger partial charge in [0, 0.05) is 45.3 Å². The number of nitro groups is 1. The number of carbonyl (C=O) groups is 3. The Morgan fingerprint density at radius 3 is 2.33 bits per heavy atom. The van der Waals surface area contributed by atoms with E-state index in [1.807, 2.05) is 4.90 Å². The van der Waals surface area contributed by atoms with Crippen molar-refractivity contribution in [1.29, 1.82) is 0 Å². The van der Waals surface area contributed by atoms with E-state index >= 15 is 0 Å². The molecule has 2 fully saturated rings. The summed E-state index contributed by atoms with van der Waals surface area (Å²) in [5, 5.41) is 11.5. The van der Waals surface area contributed by atoms with Crippen LogP contribution in [-0.2, 0) is 9.53 Å². The van der Waals surface area contributed by atoms with Crippen molar-refractivity contribution < 1.29 is 28.5 Å². The molecule has 0 radical (unpaired) electrons. The van der Waals surface area contributed by atoms with Crippen LogP contribution in [0.15, 0.2) is 41.0 Å². The lowest BCUT2D eigenvalue weighted by atomic mass is 10.1. The third-order valence-corrected chi connectivity index (χ3v) is 5.83. The number of rotatable bonds is 6. The van der Waals surface area contributed by atoms with Gasteiger partial charge in [-0.2, -0.15) is 0 Å². The van der Waals surface area contributed by atoms with Gasteiger partial charge >= 0.3 is 5.97 Å². The molecule has 2 aliphatic rings. The van der Waals surface area contributed by atoms with Crippen molar-refractivity contribution in [2.24, 2.45) is 0 Å². The highest BCUT2D eigenvalue weighted by atomic mass is 16.6. The van der Waals surface area contributed by atoms with E-state index in [2.05, 4.69) is 0 Å². The quantitative estimate of drug-likeness (QED) is 0.367. The van der Waals surface area contributed by atoms with E-state index in [1.165, 1.54) is 23.3 Å². The first kappa shape index (κ1) is 22.3. The lowest BCUT2D eigenvalue weighted by molar-refractivity contribution is -0.384. The number of amides is 2. The smallest absolute Gasteiger partial charge is 0.338 e. The molecule has 33 heavy (non-hydrogen) atoms. The highest BCUT2D eigenvalue weighted by Gasteiger charge is 2.28. The predicted octanol–water partition coefficient (Wildman–Crippen LogP) is 1.93. The molecule has 174 valence electrons. The molecule has 2 amide bonds. The second kappa shape index (κ2) is 9.72. The fourth-order valence-corrected chi connectivity index (χ4v) is 4.04. The van der Waals surface area contributed by atoms with Crippen LogP contribution in [-0.4, -0.2) is 78.4 Å². The first-order valence-corrected chi connectivity index (χ1v) is 10.7. The van der Waals surface area contributed by atoms with Gasteiger partial charge in [0.25, 0.3) is 17.5 Å². The Kier molecular flexibility index (Phi) is 6.57. The van der Waals surface area contributed by atoms with Crippen LogP contribution >= 0.6 is 0 Å². The molecule has 3 heterocycles. The number of piperazine rings is 1. The van der Waals surface area contributed by atoms with Gasteiger partial charge in [-0.15, -0.1) is 0 Å². The molecule has 0 saturated carbocycles. The van der Waals surface area contributed by atoms with Crippen LogP contribution in [0.5, 0.6) is 0 Å². The van der Waals surface area contributed by atoms with Crippen molar-refractivity contribution >= 4 is 29.2 Å². The molecule has 4 rings (SSSR count). The number of carbonyl (C=O) groups excluding carboxylic acids is 3. The number of esters is 1. The van der Waals surface area contributed by atoms with E-state index < -0.39 is 23.4 Å². The van der Waals surface area contributed by atoms with Gasteiger partial charge in [-0.1, -0.05) is 0 Å². The SMILES string of the molecule is O=C(OCC(=O)N1CCN(C(=O)c2ccco2)CC1)c1ccc(N2CCCC2)c([N+](=O)[O-])c1. The Bertz CT molecular complexity index is 1040. The van der Waals surface area contributed by atoms with Gasteiger partial charge in [0.05, 0.1) is 16.7 Å². The van der Waals surface area contributed by atoms with Crippen LogP contribution in [0.3, 0.4) is 0 Å². The lowest BCUT2D eigenvalue weighted by Gasteiger charge is -2.34. The van der Waals surface area contributed by atoms with Crippen molar-refractivity contribution in [1.82, 2.24) is 9.80 Å². The zero-order chi connectivity index (χ0) is 23.4. The molecule has 0 aliphatic carbocycles. The standard InChI is InChI=1S/C22H24N4O7/c27-20(24-9-11-25(12-10-24)21(28)19-4-3-13-32-19)15-33-22(29)16-5-6-17(18(14-16)26(30)31)23-7-1-2-8-23/h3-6,13-14H,1-2,7-12,15H2. The fourth-order valence-electron chi connectivity index (χ4n) is 4.04. The first-order valence-electron chi connectivity index (χ1n) is 10.7. The number of hydrogen-bond donors (Lipinski definition) is 0. The largest absolute Gasteiger partial charge is 0.459 e. The van der Waals surface area contributed by atoms with E-state index in [0.717, 1.165) is 25.9 Å². The van der Waals surface area contributed by atoms with Gasteiger partial charge in [-0.3, -0.25) is 19.7 Å². The summed E-state index contributed by atoms with van der Waals surface area (Å²) in [5.41, 5.74) is 0.341. The number of anilines is 1. The molecule has 0 bridgehead atoms. The summed E-state index contributed by atoms with van der Waals surface area (Å²) in [6, 6.07) is 7.44. The van der Waals surface area contributed by atoms with Gasteiger partial charge in [-0.25, -0.2) is 4.79 Å². The molecule has 11 heteroatoms. The van der Waals surface area contributed by atoms with E-state index in [4.69, 9.17) is 9.15 Å². The molecule has 1 aromatic heterocycles. The Labute approximate surface area is 189 Å². The molecule has 0 unspecified atom stereocenters. The summed E-state index contributed by atoms with van der Waals surface area (Å²) >= 11 is 0. The van der Waals surface area contributed by atoms with E-state index in [-0.39, 0.29) is 22.9 Å². The van der Waals surface area contributed by atoms with Crippen LogP contribution < -0.4 is 4.90 Å². The summed E-state index contributed by atoms with van der Waals surface area (Å²) in [7, 11) is 0. The Morgan fingerprint density at radius 2 is 1.70 bits per heavy atom. The van der Waals surface area contributed by atoms with E-state index in [9.17, 15) is 24.5 Å². The molecule has 11 nitrogen and oxygen atoms in total. The maximum atomic E-state index is 12.5. The van der Waals surface area contributed by atoms with Crippen molar-refractivity contribution in [2.75, 3.05) is 50.8 Å². The molecule has 0 atom stereocenters. The van der Waals surface area contributed by atoms with Gasteiger partial charge < -0.3 is 23.9 Å². The Hall–Kier alpha value is -3.89. The number of furan rings is 1. The van der Waals surface area contributed by atoms with Gasteiger partial charge in [0.1, 0.15) is 5.69 Å². The van der Waals surface area contributed by atoms with Crippen LogP contribution in [0.25, 0.3) is 0 Å². The maximum absolute atomic E-state index is 12.5. The number of nitrogens with zero attached hydrogens (tertiary/aromatic N) is 4. The minimum absolute atomic E-state index is 0.0197. The summed E-state index contributed by atoms with van der Waals surface area (Å²) in [6.07, 6.45) is 3.36. The van der Waals surface area contributed by atoms with Crippen LogP contribution in [0.4, 0.5) is 11.4 Å². The van der Waals surface area contributed by atoms with Crippen molar-refractivity contribution in [3.63, 3.8) is 0 Å². The van der Waals surface area contributed by atoms with Crippen molar-refractivity contribution in [2.45, 2.75) is 12.8 Å². The first-order chi connectivity index (χ1) is 15.9. The summed E-state index contributed by atoms with van der Waals surface area (Å²) in [4.78, 5) is 53.2. The van der Waals surface area contributed by atoms with E-state index in [1.54, 1.807) is 23.1 Å². The van der Waals surface area contributed by atoms with E-state index in [0.29, 0.717) is 31.9 Å². The Balaban J connectivity index is 1.30. The number of nitro benzene ring substituents is 1. The summed E-state index contributed by atoms with van der Waals surface area (Å²) in [6.45, 7) is 2.27. The molecule has 0 N–H and O–H groups in total. The summed E-state index contributed by atoms with van der Waals surface area (Å²) < 4.78 is 10.2. The van der Waals surface area contributed by atoms with Crippen molar-refractivity contribution in [3.05, 3.63) is 58.0 Å². The van der Waals surface area contributed by atoms with Crippen molar-refractivity contribution in [3.8, 4) is 0 Å². The number of benzene rings is 1. The highest BCUT2D eigenvalue weighted by Crippen LogP contribution is 2.31. The Morgan fingerprint density at radius 1 is 1.00 bits per heavy atom. The summed E-state index contributed by atoms with van der Waals surface area (Å²) in [5.74, 6) is -1.19. The molecule has 1 aromatic carbocycles. The average Bonchev–Trinajstić information content (AvgIpc) is 3.56. The molecular formula is C22H24N4O7. The molecule has 2 aromatic rings. The third-order valence-electron chi connectivity index (χ3n) is 5.83. The molecular weight excluding hydrogens is 432 g/mol. The predicted molar refractivity (Wildman–Crippen MR) is 116 cm³/mol. The fraction of sp³-hybridized carbons (Fsp3) is 0.409. The van der Waals surface area contributed by atoms with Gasteiger partial charge in [-0.05, 0) is 37.1 Å². The second-order valence-corrected chi connectivity index (χ2v) is 7.88. The van der Waals surface area contributed by atoms with Gasteiger partial charge in [0.2, 0.25) is 0 Å². The molecule has 0 spiro atoms. The second-order valence-electron chi connectivity index (χ2n) is 7.88. The van der Waals surface area contributed by atoms with Crippen LogP contribution in [0.2, 0.25) is 0 Å². The topological polar surface area (TPSA) is 126 Å². The number of hydrogen-bond acceptors (Lipinski definition) is 8. The number of ether oxygens (including phenoxy) is 1. The zero-order valence-electron chi connectivity index (χ0n) is 18.0. The minimum atomic E-state index is -0.800. The maximum Gasteiger partial charge on any atom is 0.338 e. The average molecular weight is 456 g/mol. The normalized spacial score (nSPS) is 16.1. The third kappa shape index (κ3) is 4.97. The zero-order valence-corrected chi connectivity index (χ0v) is 18.0. The highest BCUT2D eigenvalue weighted by molar-refractivity contribution is 5.93. The molecule has 2 aliphatic heterocycles. The van der Waals surface area contributed by atoms with Crippen LogP contribution in [0, 0.1) is 10.1 Å². The molecule has 2 saturated heterocycles. The van der Waals surface area contributed by atoms with Gasteiger partial charge in [0.15, 0.2) is 12.4 Å².